The molecular formula is C18H23N3O2S. The lowest BCUT2D eigenvalue weighted by atomic mass is 10.1. The van der Waals surface area contributed by atoms with Crippen LogP contribution in [0.4, 0.5) is 5.69 Å². The summed E-state index contributed by atoms with van der Waals surface area (Å²) in [5, 5.41) is 0. The molecule has 1 saturated heterocycles. The molecule has 1 amide bonds. The summed E-state index contributed by atoms with van der Waals surface area (Å²) in [5.41, 5.74) is 13.9. The van der Waals surface area contributed by atoms with Crippen molar-refractivity contribution in [3.63, 3.8) is 0 Å². The van der Waals surface area contributed by atoms with E-state index in [1.54, 1.807) is 0 Å². The number of carbonyl (C=O) groups excluding carboxylic acids is 1. The second kappa shape index (κ2) is 6.93. The molecule has 1 aromatic carbocycles. The lowest BCUT2D eigenvalue weighted by Gasteiger charge is -2.35. The predicted octanol–water partition coefficient (Wildman–Crippen LogP) is 2.71. The third-order valence-corrected chi connectivity index (χ3v) is 5.34. The number of nitrogens with two attached hydrogens (primary N) is 2. The van der Waals surface area contributed by atoms with Crippen molar-refractivity contribution in [1.29, 1.82) is 0 Å². The molecule has 6 heteroatoms. The van der Waals surface area contributed by atoms with Crippen LogP contribution in [0.15, 0.2) is 30.3 Å². The number of carbonyl (C=O) groups is 1. The molecule has 0 aliphatic carbocycles. The van der Waals surface area contributed by atoms with Crippen molar-refractivity contribution in [2.24, 2.45) is 5.73 Å². The zero-order valence-corrected chi connectivity index (χ0v) is 14.8. The summed E-state index contributed by atoms with van der Waals surface area (Å²) < 4.78 is 5.77. The number of rotatable bonds is 4. The monoisotopic (exact) mass is 345 g/mol. The molecule has 1 fully saturated rings. The highest BCUT2D eigenvalue weighted by atomic mass is 32.1. The number of thiophene rings is 1. The Morgan fingerprint density at radius 2 is 1.88 bits per heavy atom. The van der Waals surface area contributed by atoms with Gasteiger partial charge in [0, 0.05) is 24.5 Å². The zero-order valence-electron chi connectivity index (χ0n) is 14.0. The Balaban J connectivity index is 1.71. The molecule has 1 aliphatic heterocycles. The number of primary amides is 1. The van der Waals surface area contributed by atoms with Crippen LogP contribution < -0.4 is 11.5 Å². The first-order chi connectivity index (χ1) is 11.4. The van der Waals surface area contributed by atoms with Crippen molar-refractivity contribution in [2.45, 2.75) is 32.6 Å². The van der Waals surface area contributed by atoms with Gasteiger partial charge in [-0.15, -0.1) is 11.3 Å². The molecule has 1 aromatic heterocycles. The molecule has 2 atom stereocenters. The van der Waals surface area contributed by atoms with Crippen LogP contribution in [-0.4, -0.2) is 36.1 Å². The van der Waals surface area contributed by atoms with E-state index in [4.69, 9.17) is 16.2 Å². The van der Waals surface area contributed by atoms with Crippen LogP contribution >= 0.6 is 11.3 Å². The van der Waals surface area contributed by atoms with Gasteiger partial charge >= 0.3 is 0 Å². The second-order valence-electron chi connectivity index (χ2n) is 6.41. The summed E-state index contributed by atoms with van der Waals surface area (Å²) in [6.07, 6.45) is 0.545. The molecule has 2 unspecified atom stereocenters. The number of morpholine rings is 1. The van der Waals surface area contributed by atoms with E-state index in [9.17, 15) is 4.79 Å². The van der Waals surface area contributed by atoms with Crippen molar-refractivity contribution >= 4 is 22.9 Å². The third-order valence-electron chi connectivity index (χ3n) is 4.12. The average Bonchev–Trinajstić information content (AvgIpc) is 2.89. The highest BCUT2D eigenvalue weighted by Crippen LogP contribution is 2.33. The smallest absolute Gasteiger partial charge is 0.260 e. The van der Waals surface area contributed by atoms with Gasteiger partial charge in [0.1, 0.15) is 4.88 Å². The maximum absolute atomic E-state index is 11.3. The molecule has 4 N–H and O–H groups in total. The van der Waals surface area contributed by atoms with Gasteiger partial charge < -0.3 is 16.2 Å². The molecule has 0 bridgehead atoms. The molecule has 2 aromatic rings. The molecule has 5 nitrogen and oxygen atoms in total. The van der Waals surface area contributed by atoms with Crippen molar-refractivity contribution in [3.05, 3.63) is 40.8 Å². The molecule has 0 spiro atoms. The fraction of sp³-hybridized carbons (Fsp3) is 0.389. The van der Waals surface area contributed by atoms with Crippen LogP contribution in [0.5, 0.6) is 0 Å². The molecular weight excluding hydrogens is 322 g/mol. The zero-order chi connectivity index (χ0) is 17.3. The summed E-state index contributed by atoms with van der Waals surface area (Å²) in [7, 11) is 0. The number of nitrogens with zero attached hydrogens (tertiary/aromatic N) is 1. The van der Waals surface area contributed by atoms with E-state index >= 15 is 0 Å². The van der Waals surface area contributed by atoms with E-state index in [0.29, 0.717) is 10.6 Å². The normalized spacial score (nSPS) is 21.8. The Morgan fingerprint density at radius 3 is 2.42 bits per heavy atom. The first-order valence-electron chi connectivity index (χ1n) is 8.08. The number of ether oxygens (including phenoxy) is 1. The van der Waals surface area contributed by atoms with Gasteiger partial charge in [0.05, 0.1) is 17.9 Å². The van der Waals surface area contributed by atoms with Crippen molar-refractivity contribution < 1.29 is 9.53 Å². The molecule has 3 rings (SSSR count). The van der Waals surface area contributed by atoms with Gasteiger partial charge in [-0.3, -0.25) is 9.69 Å². The first-order valence-corrected chi connectivity index (χ1v) is 8.90. The van der Waals surface area contributed by atoms with Crippen LogP contribution in [0, 0.1) is 0 Å². The van der Waals surface area contributed by atoms with Crippen molar-refractivity contribution in [2.75, 3.05) is 18.8 Å². The van der Waals surface area contributed by atoms with Crippen LogP contribution in [0.3, 0.4) is 0 Å². The van der Waals surface area contributed by atoms with Gasteiger partial charge in [-0.2, -0.15) is 0 Å². The third kappa shape index (κ3) is 3.77. The Labute approximate surface area is 146 Å². The predicted molar refractivity (Wildman–Crippen MR) is 98.0 cm³/mol. The standard InChI is InChI=1S/C18H23N3O2S/c1-11-8-21(9-12(2)23-11)10-13-3-5-14(6-4-13)16-7-15(19)17(24-16)18(20)22/h3-7,11-12H,8-10,19H2,1-2H3,(H2,20,22). The molecule has 0 radical (unpaired) electrons. The summed E-state index contributed by atoms with van der Waals surface area (Å²) in [4.78, 5) is 15.1. The van der Waals surface area contributed by atoms with Gasteiger partial charge in [0.15, 0.2) is 0 Å². The van der Waals surface area contributed by atoms with Gasteiger partial charge in [-0.1, -0.05) is 24.3 Å². The van der Waals surface area contributed by atoms with Gasteiger partial charge in [0.25, 0.3) is 5.91 Å². The minimum Gasteiger partial charge on any atom is -0.397 e. The minimum absolute atomic E-state index is 0.273. The summed E-state index contributed by atoms with van der Waals surface area (Å²) >= 11 is 1.34. The average molecular weight is 345 g/mol. The van der Waals surface area contributed by atoms with Crippen LogP contribution in [0.1, 0.15) is 29.1 Å². The van der Waals surface area contributed by atoms with Crippen molar-refractivity contribution in [3.8, 4) is 10.4 Å². The number of amides is 1. The first kappa shape index (κ1) is 17.0. The quantitative estimate of drug-likeness (QED) is 0.893. The molecule has 1 aliphatic rings. The summed E-state index contributed by atoms with van der Waals surface area (Å²) in [6.45, 7) is 7.05. The molecule has 128 valence electrons. The Hall–Kier alpha value is -1.89. The van der Waals surface area contributed by atoms with E-state index < -0.39 is 5.91 Å². The SMILES string of the molecule is CC1CN(Cc2ccc(-c3cc(N)c(C(N)=O)s3)cc2)CC(C)O1. The molecule has 24 heavy (non-hydrogen) atoms. The number of hydrogen-bond acceptors (Lipinski definition) is 5. The van der Waals surface area contributed by atoms with Gasteiger partial charge in [-0.25, -0.2) is 0 Å². The summed E-state index contributed by atoms with van der Waals surface area (Å²) in [6, 6.07) is 10.2. The van der Waals surface area contributed by atoms with Crippen LogP contribution in [-0.2, 0) is 11.3 Å². The lowest BCUT2D eigenvalue weighted by Crippen LogP contribution is -2.44. The Kier molecular flexibility index (Phi) is 4.89. The van der Waals surface area contributed by atoms with E-state index in [1.165, 1.54) is 16.9 Å². The number of nitrogen functional groups attached to an aromatic ring is 1. The van der Waals surface area contributed by atoms with E-state index in [1.807, 2.05) is 6.07 Å². The largest absolute Gasteiger partial charge is 0.397 e. The lowest BCUT2D eigenvalue weighted by molar-refractivity contribution is -0.0704. The number of hydrogen-bond donors (Lipinski definition) is 2. The molecule has 0 saturated carbocycles. The highest BCUT2D eigenvalue weighted by Gasteiger charge is 2.22. The van der Waals surface area contributed by atoms with Crippen LogP contribution in [0.2, 0.25) is 0 Å². The number of benzene rings is 1. The van der Waals surface area contributed by atoms with Crippen LogP contribution in [0.25, 0.3) is 10.4 Å². The maximum Gasteiger partial charge on any atom is 0.260 e. The maximum atomic E-state index is 11.3. The van der Waals surface area contributed by atoms with E-state index in [2.05, 4.69) is 43.0 Å². The Morgan fingerprint density at radius 1 is 1.25 bits per heavy atom. The van der Waals surface area contributed by atoms with Gasteiger partial charge in [0.2, 0.25) is 0 Å². The van der Waals surface area contributed by atoms with Gasteiger partial charge in [-0.05, 0) is 31.0 Å². The summed E-state index contributed by atoms with van der Waals surface area (Å²) in [5.74, 6) is -0.476. The second-order valence-corrected chi connectivity index (χ2v) is 7.46. The minimum atomic E-state index is -0.476. The van der Waals surface area contributed by atoms with E-state index in [-0.39, 0.29) is 12.2 Å². The van der Waals surface area contributed by atoms with Crippen molar-refractivity contribution in [1.82, 2.24) is 4.90 Å². The fourth-order valence-corrected chi connectivity index (χ4v) is 4.12. The highest BCUT2D eigenvalue weighted by molar-refractivity contribution is 7.18. The van der Waals surface area contributed by atoms with E-state index in [0.717, 1.165) is 30.1 Å². The fourth-order valence-electron chi connectivity index (χ4n) is 3.19. The Bertz CT molecular complexity index is 716. The molecule has 2 heterocycles. The topological polar surface area (TPSA) is 81.6 Å². The number of anilines is 1.